The summed E-state index contributed by atoms with van der Waals surface area (Å²) in [6.07, 6.45) is 1.59. The van der Waals surface area contributed by atoms with Crippen molar-refractivity contribution < 1.29 is 9.18 Å². The van der Waals surface area contributed by atoms with E-state index in [-0.39, 0.29) is 5.91 Å². The molecule has 1 amide bonds. The van der Waals surface area contributed by atoms with Crippen LogP contribution in [0.3, 0.4) is 0 Å². The number of fused-ring (bicyclic) bond motifs is 1. The van der Waals surface area contributed by atoms with Gasteiger partial charge in [-0.2, -0.15) is 5.10 Å². The van der Waals surface area contributed by atoms with Crippen LogP contribution in [0.4, 0.5) is 4.39 Å². The summed E-state index contributed by atoms with van der Waals surface area (Å²) < 4.78 is 15.8. The number of halogens is 2. The van der Waals surface area contributed by atoms with E-state index in [2.05, 4.69) is 15.4 Å². The van der Waals surface area contributed by atoms with Crippen molar-refractivity contribution in [1.29, 1.82) is 0 Å². The van der Waals surface area contributed by atoms with Crippen molar-refractivity contribution in [3.8, 4) is 11.3 Å². The van der Waals surface area contributed by atoms with Crippen LogP contribution in [-0.2, 0) is 13.6 Å². The molecule has 0 spiro atoms. The highest BCUT2D eigenvalue weighted by Crippen LogP contribution is 2.26. The predicted octanol–water partition coefficient (Wildman–Crippen LogP) is 4.36. The molecule has 0 aliphatic carbocycles. The van der Waals surface area contributed by atoms with E-state index < -0.39 is 5.82 Å². The van der Waals surface area contributed by atoms with Crippen molar-refractivity contribution in [2.24, 2.45) is 7.05 Å². The first-order valence-corrected chi connectivity index (χ1v) is 9.01. The van der Waals surface area contributed by atoms with Gasteiger partial charge in [-0.15, -0.1) is 0 Å². The van der Waals surface area contributed by atoms with Gasteiger partial charge in [0.25, 0.3) is 5.91 Å². The minimum atomic E-state index is -0.399. The monoisotopic (exact) mass is 394 g/mol. The fraction of sp³-hybridized carbons (Fsp3) is 0.0952. The minimum Gasteiger partial charge on any atom is -0.348 e. The van der Waals surface area contributed by atoms with Crippen LogP contribution in [0.15, 0.2) is 60.8 Å². The highest BCUT2D eigenvalue weighted by Gasteiger charge is 2.17. The number of rotatable bonds is 4. The van der Waals surface area contributed by atoms with Gasteiger partial charge in [0.2, 0.25) is 0 Å². The van der Waals surface area contributed by atoms with Crippen molar-refractivity contribution >= 4 is 28.5 Å². The van der Waals surface area contributed by atoms with Gasteiger partial charge in [0.1, 0.15) is 5.82 Å². The van der Waals surface area contributed by atoms with E-state index in [0.717, 1.165) is 5.56 Å². The molecular weight excluding hydrogens is 379 g/mol. The number of nitrogens with one attached hydrogen (secondary N) is 1. The first-order chi connectivity index (χ1) is 13.5. The second-order valence-corrected chi connectivity index (χ2v) is 6.79. The number of hydrogen-bond donors (Lipinski definition) is 1. The Morgan fingerprint density at radius 2 is 1.93 bits per heavy atom. The van der Waals surface area contributed by atoms with Crippen LogP contribution < -0.4 is 5.32 Å². The number of amides is 1. The Hall–Kier alpha value is -3.25. The highest BCUT2D eigenvalue weighted by molar-refractivity contribution is 6.30. The van der Waals surface area contributed by atoms with Gasteiger partial charge in [-0.05, 0) is 35.9 Å². The Bertz CT molecular complexity index is 1170. The molecule has 7 heteroatoms. The minimum absolute atomic E-state index is 0.284. The summed E-state index contributed by atoms with van der Waals surface area (Å²) >= 11 is 5.89. The molecule has 0 fully saturated rings. The van der Waals surface area contributed by atoms with Crippen LogP contribution >= 0.6 is 11.6 Å². The molecule has 2 aromatic heterocycles. The summed E-state index contributed by atoms with van der Waals surface area (Å²) in [4.78, 5) is 17.4. The number of carbonyl (C=O) groups excluding carboxylic acids is 1. The van der Waals surface area contributed by atoms with E-state index in [0.29, 0.717) is 39.4 Å². The lowest BCUT2D eigenvalue weighted by molar-refractivity contribution is 0.0952. The van der Waals surface area contributed by atoms with Gasteiger partial charge in [0, 0.05) is 24.2 Å². The highest BCUT2D eigenvalue weighted by atomic mass is 35.5. The average molecular weight is 395 g/mol. The Morgan fingerprint density at radius 1 is 1.18 bits per heavy atom. The molecule has 0 saturated carbocycles. The van der Waals surface area contributed by atoms with Crippen LogP contribution in [0.5, 0.6) is 0 Å². The van der Waals surface area contributed by atoms with Crippen LogP contribution in [0.2, 0.25) is 5.02 Å². The molecule has 0 aliphatic rings. The second kappa shape index (κ2) is 7.40. The molecule has 4 rings (SSSR count). The number of aromatic nitrogens is 3. The Kier molecular flexibility index (Phi) is 4.79. The largest absolute Gasteiger partial charge is 0.348 e. The SMILES string of the molecule is Cn1ncc2c(C(=O)NCc3ccc(Cl)cc3)cc(-c3ccccc3F)nc21. The molecule has 0 bridgehead atoms. The number of hydrogen-bond acceptors (Lipinski definition) is 3. The van der Waals surface area contributed by atoms with Crippen LogP contribution in [-0.4, -0.2) is 20.7 Å². The first kappa shape index (κ1) is 18.1. The van der Waals surface area contributed by atoms with E-state index in [9.17, 15) is 9.18 Å². The number of aryl methyl sites for hydroxylation is 1. The Labute approximate surface area is 165 Å². The fourth-order valence-corrected chi connectivity index (χ4v) is 3.12. The fourth-order valence-electron chi connectivity index (χ4n) is 2.99. The standard InChI is InChI=1S/C21H16ClFN4O/c1-27-20-17(12-25-27)16(10-19(26-20)15-4-2-3-5-18(15)23)21(28)24-11-13-6-8-14(22)9-7-13/h2-10,12H,11H2,1H3,(H,24,28). The van der Waals surface area contributed by atoms with Crippen LogP contribution in [0, 0.1) is 5.82 Å². The third-order valence-corrected chi connectivity index (χ3v) is 4.72. The van der Waals surface area contributed by atoms with Crippen molar-refractivity contribution in [3.05, 3.63) is 82.8 Å². The molecule has 0 aliphatic heterocycles. The lowest BCUT2D eigenvalue weighted by Gasteiger charge is -2.10. The normalized spacial score (nSPS) is 11.0. The molecule has 0 saturated heterocycles. The third kappa shape index (κ3) is 3.46. The number of benzene rings is 2. The van der Waals surface area contributed by atoms with E-state index in [4.69, 9.17) is 11.6 Å². The van der Waals surface area contributed by atoms with Gasteiger partial charge in [0.15, 0.2) is 5.65 Å². The van der Waals surface area contributed by atoms with Crippen LogP contribution in [0.1, 0.15) is 15.9 Å². The van der Waals surface area contributed by atoms with Crippen LogP contribution in [0.25, 0.3) is 22.3 Å². The lowest BCUT2D eigenvalue weighted by atomic mass is 10.1. The van der Waals surface area contributed by atoms with Gasteiger partial charge in [-0.1, -0.05) is 35.9 Å². The number of carbonyl (C=O) groups is 1. The molecule has 28 heavy (non-hydrogen) atoms. The maximum atomic E-state index is 14.3. The molecule has 140 valence electrons. The molecule has 1 N–H and O–H groups in total. The molecule has 0 radical (unpaired) electrons. The smallest absolute Gasteiger partial charge is 0.252 e. The number of pyridine rings is 1. The molecule has 2 heterocycles. The van der Waals surface area contributed by atoms with Crippen molar-refractivity contribution in [2.75, 3.05) is 0 Å². The van der Waals surface area contributed by atoms with Gasteiger partial charge in [-0.25, -0.2) is 9.37 Å². The average Bonchev–Trinajstić information content (AvgIpc) is 3.08. The number of nitrogens with zero attached hydrogens (tertiary/aromatic N) is 3. The molecule has 0 unspecified atom stereocenters. The Balaban J connectivity index is 1.72. The summed E-state index contributed by atoms with van der Waals surface area (Å²) in [6.45, 7) is 0.342. The van der Waals surface area contributed by atoms with Gasteiger partial charge >= 0.3 is 0 Å². The van der Waals surface area contributed by atoms with Crippen molar-refractivity contribution in [3.63, 3.8) is 0 Å². The summed E-state index contributed by atoms with van der Waals surface area (Å²) in [7, 11) is 1.73. The zero-order valence-electron chi connectivity index (χ0n) is 15.0. The summed E-state index contributed by atoms with van der Waals surface area (Å²) in [6, 6.07) is 15.2. The van der Waals surface area contributed by atoms with Crippen molar-refractivity contribution in [1.82, 2.24) is 20.1 Å². The zero-order chi connectivity index (χ0) is 19.7. The van der Waals surface area contributed by atoms with E-state index >= 15 is 0 Å². The molecule has 0 atom stereocenters. The maximum absolute atomic E-state index is 14.3. The maximum Gasteiger partial charge on any atom is 0.252 e. The van der Waals surface area contributed by atoms with Gasteiger partial charge in [-0.3, -0.25) is 9.48 Å². The van der Waals surface area contributed by atoms with Gasteiger partial charge in [0.05, 0.1) is 22.8 Å². The van der Waals surface area contributed by atoms with E-state index in [1.54, 1.807) is 54.3 Å². The summed E-state index contributed by atoms with van der Waals surface area (Å²) in [5, 5.41) is 8.32. The quantitative estimate of drug-likeness (QED) is 0.559. The molecule has 2 aromatic carbocycles. The topological polar surface area (TPSA) is 59.8 Å². The lowest BCUT2D eigenvalue weighted by Crippen LogP contribution is -2.23. The second-order valence-electron chi connectivity index (χ2n) is 6.35. The van der Waals surface area contributed by atoms with E-state index in [1.165, 1.54) is 6.07 Å². The first-order valence-electron chi connectivity index (χ1n) is 8.63. The molecule has 4 aromatic rings. The zero-order valence-corrected chi connectivity index (χ0v) is 15.7. The predicted molar refractivity (Wildman–Crippen MR) is 107 cm³/mol. The molecular formula is C21H16ClFN4O. The summed E-state index contributed by atoms with van der Waals surface area (Å²) in [5.41, 5.74) is 2.54. The van der Waals surface area contributed by atoms with Crippen molar-refractivity contribution in [2.45, 2.75) is 6.54 Å². The summed E-state index contributed by atoms with van der Waals surface area (Å²) in [5.74, 6) is -0.683. The molecule has 5 nitrogen and oxygen atoms in total. The third-order valence-electron chi connectivity index (χ3n) is 4.47. The van der Waals surface area contributed by atoms with Gasteiger partial charge < -0.3 is 5.32 Å². The van der Waals surface area contributed by atoms with E-state index in [1.807, 2.05) is 12.1 Å². The Morgan fingerprint density at radius 3 is 2.68 bits per heavy atom.